The maximum Gasteiger partial charge on any atom is 0.352 e. The molecule has 0 saturated heterocycles. The third-order valence-corrected chi connectivity index (χ3v) is 4.10. The van der Waals surface area contributed by atoms with E-state index in [9.17, 15) is 14.7 Å². The number of hydrogen-bond donors (Lipinski definition) is 4. The van der Waals surface area contributed by atoms with Crippen LogP contribution in [-0.4, -0.2) is 36.0 Å². The smallest absolute Gasteiger partial charge is 0.352 e. The molecule has 4 N–H and O–H groups in total. The number of carbonyl (C=O) groups is 2. The summed E-state index contributed by atoms with van der Waals surface area (Å²) in [5, 5.41) is 18.2. The van der Waals surface area contributed by atoms with Crippen molar-refractivity contribution in [2.75, 3.05) is 18.4 Å². The number of rotatable bonds is 5. The molecular formula is C21H22N4O3. The molecule has 144 valence electrons. The fourth-order valence-electron chi connectivity index (χ4n) is 2.96. The second-order valence-corrected chi connectivity index (χ2v) is 6.60. The van der Waals surface area contributed by atoms with Crippen molar-refractivity contribution in [3.8, 4) is 0 Å². The van der Waals surface area contributed by atoms with Gasteiger partial charge in [0.2, 0.25) is 0 Å². The lowest BCUT2D eigenvalue weighted by molar-refractivity contribution is -0.132. The van der Waals surface area contributed by atoms with Gasteiger partial charge in [-0.25, -0.2) is 4.79 Å². The van der Waals surface area contributed by atoms with E-state index < -0.39 is 11.9 Å². The van der Waals surface area contributed by atoms with E-state index in [1.807, 2.05) is 38.1 Å². The van der Waals surface area contributed by atoms with Crippen molar-refractivity contribution in [2.45, 2.75) is 13.8 Å². The summed E-state index contributed by atoms with van der Waals surface area (Å²) in [7, 11) is 0. The van der Waals surface area contributed by atoms with E-state index in [2.05, 4.69) is 20.9 Å². The number of carbonyl (C=O) groups excluding carboxylic acids is 1. The number of guanidine groups is 1. The standard InChI is InChI=1S/C21H22N4O3/c1-13-8-14(2)10-15(9-13)11-18(20(27)28)25-19(26)16-4-3-5-17(12-16)24-21-22-6-7-23-21/h3-5,8-12H,6-7H2,1-2H3,(H,25,26)(H,27,28)(H2,22,23,24)/b18-11+. The van der Waals surface area contributed by atoms with E-state index in [-0.39, 0.29) is 5.70 Å². The number of nitrogens with one attached hydrogen (secondary N) is 3. The lowest BCUT2D eigenvalue weighted by Crippen LogP contribution is -2.28. The molecule has 0 aromatic heterocycles. The molecule has 1 amide bonds. The van der Waals surface area contributed by atoms with Gasteiger partial charge < -0.3 is 21.1 Å². The van der Waals surface area contributed by atoms with Crippen molar-refractivity contribution in [3.63, 3.8) is 0 Å². The topological polar surface area (TPSA) is 103 Å². The number of hydrogen-bond acceptors (Lipinski definition) is 5. The van der Waals surface area contributed by atoms with Crippen LogP contribution >= 0.6 is 0 Å². The number of anilines is 1. The summed E-state index contributed by atoms with van der Waals surface area (Å²) < 4.78 is 0. The maximum atomic E-state index is 12.6. The SMILES string of the molecule is Cc1cc(C)cc(/C=C(/NC(=O)c2cccc(NC3=NCCN3)c2)C(=O)O)c1. The van der Waals surface area contributed by atoms with E-state index in [0.29, 0.717) is 23.8 Å². The summed E-state index contributed by atoms with van der Waals surface area (Å²) in [5.41, 5.74) is 3.60. The zero-order chi connectivity index (χ0) is 20.1. The minimum Gasteiger partial charge on any atom is -0.477 e. The molecule has 3 rings (SSSR count). The molecule has 0 spiro atoms. The highest BCUT2D eigenvalue weighted by Crippen LogP contribution is 2.14. The maximum absolute atomic E-state index is 12.6. The first-order valence-corrected chi connectivity index (χ1v) is 8.91. The van der Waals surface area contributed by atoms with E-state index in [1.54, 1.807) is 18.2 Å². The lowest BCUT2D eigenvalue weighted by atomic mass is 10.1. The van der Waals surface area contributed by atoms with Crippen LogP contribution in [0.15, 0.2) is 53.2 Å². The predicted molar refractivity (Wildman–Crippen MR) is 109 cm³/mol. The number of aryl methyl sites for hydroxylation is 2. The van der Waals surface area contributed by atoms with Crippen LogP contribution < -0.4 is 16.0 Å². The first-order valence-electron chi connectivity index (χ1n) is 8.91. The van der Waals surface area contributed by atoms with Crippen molar-refractivity contribution >= 4 is 29.6 Å². The minimum atomic E-state index is -1.20. The van der Waals surface area contributed by atoms with Gasteiger partial charge in [0.15, 0.2) is 5.96 Å². The van der Waals surface area contributed by atoms with Gasteiger partial charge in [0.05, 0.1) is 6.54 Å². The van der Waals surface area contributed by atoms with Crippen molar-refractivity contribution in [1.29, 1.82) is 0 Å². The number of nitrogens with zero attached hydrogens (tertiary/aromatic N) is 1. The fourth-order valence-corrected chi connectivity index (χ4v) is 2.96. The Kier molecular flexibility index (Phi) is 5.74. The third kappa shape index (κ3) is 4.97. The highest BCUT2D eigenvalue weighted by Gasteiger charge is 2.14. The first kappa shape index (κ1) is 19.2. The lowest BCUT2D eigenvalue weighted by Gasteiger charge is -2.10. The van der Waals surface area contributed by atoms with Crippen LogP contribution in [-0.2, 0) is 4.79 Å². The summed E-state index contributed by atoms with van der Waals surface area (Å²) in [6, 6.07) is 12.5. The molecule has 0 aliphatic carbocycles. The van der Waals surface area contributed by atoms with Crippen LogP contribution in [0.1, 0.15) is 27.0 Å². The van der Waals surface area contributed by atoms with E-state index in [4.69, 9.17) is 0 Å². The molecule has 2 aromatic rings. The quantitative estimate of drug-likeness (QED) is 0.599. The van der Waals surface area contributed by atoms with E-state index >= 15 is 0 Å². The van der Waals surface area contributed by atoms with Gasteiger partial charge >= 0.3 is 5.97 Å². The zero-order valence-electron chi connectivity index (χ0n) is 15.7. The minimum absolute atomic E-state index is 0.185. The number of benzene rings is 2. The fraction of sp³-hybridized carbons (Fsp3) is 0.190. The van der Waals surface area contributed by atoms with Gasteiger partial charge in [-0.05, 0) is 43.7 Å². The Hall–Kier alpha value is -3.61. The average molecular weight is 378 g/mol. The second-order valence-electron chi connectivity index (χ2n) is 6.60. The van der Waals surface area contributed by atoms with Crippen LogP contribution in [0.3, 0.4) is 0 Å². The Labute approximate surface area is 163 Å². The largest absolute Gasteiger partial charge is 0.477 e. The van der Waals surface area contributed by atoms with Crippen molar-refractivity contribution in [1.82, 2.24) is 10.6 Å². The number of carboxylic acids is 1. The second kappa shape index (κ2) is 8.39. The van der Waals surface area contributed by atoms with Gasteiger partial charge in [0.1, 0.15) is 5.70 Å². The van der Waals surface area contributed by atoms with Gasteiger partial charge in [0.25, 0.3) is 5.91 Å². The highest BCUT2D eigenvalue weighted by molar-refractivity contribution is 6.03. The normalized spacial score (nSPS) is 13.5. The Morgan fingerprint density at radius 2 is 1.89 bits per heavy atom. The molecule has 0 saturated carbocycles. The van der Waals surface area contributed by atoms with E-state index in [0.717, 1.165) is 23.2 Å². The summed E-state index contributed by atoms with van der Waals surface area (Å²) in [5.74, 6) is -1.05. The van der Waals surface area contributed by atoms with Crippen LogP contribution in [0.25, 0.3) is 6.08 Å². The monoisotopic (exact) mass is 378 g/mol. The Morgan fingerprint density at radius 3 is 2.54 bits per heavy atom. The van der Waals surface area contributed by atoms with Gasteiger partial charge in [-0.3, -0.25) is 9.79 Å². The zero-order valence-corrected chi connectivity index (χ0v) is 15.7. The molecular weight excluding hydrogens is 356 g/mol. The number of aliphatic imine (C=N–C) groups is 1. The summed E-state index contributed by atoms with van der Waals surface area (Å²) >= 11 is 0. The Balaban J connectivity index is 1.79. The van der Waals surface area contributed by atoms with Crippen LogP contribution in [0.2, 0.25) is 0 Å². The van der Waals surface area contributed by atoms with E-state index in [1.165, 1.54) is 6.08 Å². The van der Waals surface area contributed by atoms with Crippen LogP contribution in [0.5, 0.6) is 0 Å². The van der Waals surface area contributed by atoms with Gasteiger partial charge in [0, 0.05) is 17.8 Å². The molecule has 1 heterocycles. The first-order chi connectivity index (χ1) is 13.4. The molecule has 7 heteroatoms. The molecule has 0 unspecified atom stereocenters. The van der Waals surface area contributed by atoms with Gasteiger partial charge in [-0.2, -0.15) is 0 Å². The molecule has 0 fully saturated rings. The Morgan fingerprint density at radius 1 is 1.14 bits per heavy atom. The molecule has 28 heavy (non-hydrogen) atoms. The van der Waals surface area contributed by atoms with Crippen molar-refractivity contribution < 1.29 is 14.7 Å². The summed E-state index contributed by atoms with van der Waals surface area (Å²) in [6.07, 6.45) is 1.46. The average Bonchev–Trinajstić information content (AvgIpc) is 3.13. The summed E-state index contributed by atoms with van der Waals surface area (Å²) in [4.78, 5) is 28.4. The molecule has 1 aliphatic rings. The molecule has 7 nitrogen and oxygen atoms in total. The molecule has 0 atom stereocenters. The third-order valence-electron chi connectivity index (χ3n) is 4.10. The predicted octanol–water partition coefficient (Wildman–Crippen LogP) is 2.53. The van der Waals surface area contributed by atoms with Gasteiger partial charge in [-0.15, -0.1) is 0 Å². The van der Waals surface area contributed by atoms with Crippen molar-refractivity contribution in [2.24, 2.45) is 4.99 Å². The van der Waals surface area contributed by atoms with Gasteiger partial charge in [-0.1, -0.05) is 35.4 Å². The highest BCUT2D eigenvalue weighted by atomic mass is 16.4. The van der Waals surface area contributed by atoms with Crippen molar-refractivity contribution in [3.05, 3.63) is 70.4 Å². The van der Waals surface area contributed by atoms with Crippen LogP contribution in [0, 0.1) is 13.8 Å². The molecule has 2 aromatic carbocycles. The summed E-state index contributed by atoms with van der Waals surface area (Å²) in [6.45, 7) is 5.35. The molecule has 0 bridgehead atoms. The number of aliphatic carboxylic acids is 1. The van der Waals surface area contributed by atoms with Crippen LogP contribution in [0.4, 0.5) is 5.69 Å². The number of carboxylic acid groups (broad SMARTS) is 1. The number of amides is 1. The molecule has 0 radical (unpaired) electrons. The molecule has 1 aliphatic heterocycles. The Bertz CT molecular complexity index is 959.